The Labute approximate surface area is 183 Å². The average molecular weight is 420 g/mol. The molecule has 0 radical (unpaired) electrons. The van der Waals surface area contributed by atoms with Gasteiger partial charge in [0.2, 0.25) is 6.29 Å². The highest BCUT2D eigenvalue weighted by Gasteiger charge is 2.18. The molecule has 1 aliphatic rings. The number of piperazine rings is 1. The van der Waals surface area contributed by atoms with Crippen LogP contribution in [0.4, 0.5) is 5.82 Å². The van der Waals surface area contributed by atoms with Crippen molar-refractivity contribution in [2.24, 2.45) is 0 Å². The van der Waals surface area contributed by atoms with Crippen molar-refractivity contribution in [3.63, 3.8) is 0 Å². The summed E-state index contributed by atoms with van der Waals surface area (Å²) in [6.07, 6.45) is 1.16. The van der Waals surface area contributed by atoms with Crippen LogP contribution in [0.5, 0.6) is 5.75 Å². The van der Waals surface area contributed by atoms with Gasteiger partial charge in [-0.1, -0.05) is 48.5 Å². The molecule has 31 heavy (non-hydrogen) atoms. The first-order valence-electron chi connectivity index (χ1n) is 10.7. The third-order valence-electron chi connectivity index (χ3n) is 5.37. The molecule has 1 N–H and O–H groups in total. The summed E-state index contributed by atoms with van der Waals surface area (Å²) in [5.41, 5.74) is 2.28. The maximum absolute atomic E-state index is 9.57. The Kier molecular flexibility index (Phi) is 7.50. The van der Waals surface area contributed by atoms with E-state index >= 15 is 0 Å². The molecule has 1 aliphatic heterocycles. The van der Waals surface area contributed by atoms with Crippen LogP contribution in [0.1, 0.15) is 11.1 Å². The molecule has 1 unspecified atom stereocenters. The van der Waals surface area contributed by atoms with Crippen LogP contribution in [0.3, 0.4) is 0 Å². The highest BCUT2D eigenvalue weighted by Crippen LogP contribution is 2.18. The summed E-state index contributed by atoms with van der Waals surface area (Å²) >= 11 is 0. The fourth-order valence-electron chi connectivity index (χ4n) is 3.65. The summed E-state index contributed by atoms with van der Waals surface area (Å²) in [4.78, 5) is 9.23. The molecule has 0 amide bonds. The number of pyridine rings is 1. The van der Waals surface area contributed by atoms with Gasteiger partial charge in [0.15, 0.2) is 0 Å². The monoisotopic (exact) mass is 419 g/mol. The minimum absolute atomic E-state index is 0.199. The Morgan fingerprint density at radius 1 is 0.839 bits per heavy atom. The summed E-state index contributed by atoms with van der Waals surface area (Å²) < 4.78 is 11.5. The number of aromatic nitrogens is 1. The Hall–Kier alpha value is -2.93. The van der Waals surface area contributed by atoms with E-state index < -0.39 is 6.29 Å². The van der Waals surface area contributed by atoms with Crippen molar-refractivity contribution in [3.05, 3.63) is 90.1 Å². The standard InChI is InChI=1S/C25H29N3O3/c29-19-25(30-20-22-6-2-1-3-7-22)31-23-11-9-21(10-12-23)18-27-14-16-28(17-15-27)24-8-4-5-13-26-24/h1-13,25,29H,14-20H2. The van der Waals surface area contributed by atoms with Crippen LogP contribution in [0.2, 0.25) is 0 Å². The highest BCUT2D eigenvalue weighted by molar-refractivity contribution is 5.38. The highest BCUT2D eigenvalue weighted by atomic mass is 16.7. The fraction of sp³-hybridized carbons (Fsp3) is 0.320. The number of ether oxygens (including phenoxy) is 2. The number of aliphatic hydroxyl groups excluding tert-OH is 1. The summed E-state index contributed by atoms with van der Waals surface area (Å²) in [6.45, 7) is 5.09. The van der Waals surface area contributed by atoms with E-state index in [1.807, 2.05) is 60.8 Å². The number of benzene rings is 2. The van der Waals surface area contributed by atoms with Crippen LogP contribution in [-0.2, 0) is 17.9 Å². The summed E-state index contributed by atoms with van der Waals surface area (Å²) in [5.74, 6) is 1.74. The van der Waals surface area contributed by atoms with E-state index in [2.05, 4.69) is 33.0 Å². The molecule has 1 saturated heterocycles. The number of nitrogens with zero attached hydrogens (tertiary/aromatic N) is 3. The second-order valence-electron chi connectivity index (χ2n) is 7.62. The molecule has 2 aromatic carbocycles. The maximum Gasteiger partial charge on any atom is 0.223 e. The van der Waals surface area contributed by atoms with Gasteiger partial charge in [-0.25, -0.2) is 4.98 Å². The third kappa shape index (κ3) is 6.28. The van der Waals surface area contributed by atoms with Gasteiger partial charge >= 0.3 is 0 Å². The molecule has 1 fully saturated rings. The molecule has 0 spiro atoms. The molecule has 0 aliphatic carbocycles. The second-order valence-corrected chi connectivity index (χ2v) is 7.62. The third-order valence-corrected chi connectivity index (χ3v) is 5.37. The molecule has 0 saturated carbocycles. The van der Waals surface area contributed by atoms with Gasteiger partial charge in [-0.3, -0.25) is 4.90 Å². The first kappa shape index (κ1) is 21.3. The van der Waals surface area contributed by atoms with Crippen molar-refractivity contribution < 1.29 is 14.6 Å². The smallest absolute Gasteiger partial charge is 0.223 e. The molecular formula is C25H29N3O3. The van der Waals surface area contributed by atoms with Gasteiger partial charge in [0.25, 0.3) is 0 Å². The van der Waals surface area contributed by atoms with Crippen LogP contribution in [0, 0.1) is 0 Å². The zero-order valence-corrected chi connectivity index (χ0v) is 17.6. The minimum atomic E-state index is -0.689. The Balaban J connectivity index is 1.23. The second kappa shape index (κ2) is 10.9. The number of rotatable bonds is 9. The lowest BCUT2D eigenvalue weighted by molar-refractivity contribution is -0.115. The van der Waals surface area contributed by atoms with Crippen LogP contribution < -0.4 is 9.64 Å². The molecule has 2 heterocycles. The van der Waals surface area contributed by atoms with Crippen LogP contribution in [0.25, 0.3) is 0 Å². The van der Waals surface area contributed by atoms with Crippen molar-refractivity contribution in [2.45, 2.75) is 19.4 Å². The van der Waals surface area contributed by atoms with Gasteiger partial charge in [-0.2, -0.15) is 0 Å². The molecule has 162 valence electrons. The fourth-order valence-corrected chi connectivity index (χ4v) is 3.65. The van der Waals surface area contributed by atoms with Crippen LogP contribution >= 0.6 is 0 Å². The quantitative estimate of drug-likeness (QED) is 0.537. The van der Waals surface area contributed by atoms with Crippen LogP contribution in [-0.4, -0.2) is 54.1 Å². The summed E-state index contributed by atoms with van der Waals surface area (Å²) in [5, 5.41) is 9.57. The molecule has 6 nitrogen and oxygen atoms in total. The molecule has 0 bridgehead atoms. The first-order valence-corrected chi connectivity index (χ1v) is 10.7. The zero-order valence-electron chi connectivity index (χ0n) is 17.6. The van der Waals surface area contributed by atoms with E-state index in [4.69, 9.17) is 9.47 Å². The first-order chi connectivity index (χ1) is 15.3. The molecule has 6 heteroatoms. The Morgan fingerprint density at radius 3 is 2.26 bits per heavy atom. The van der Waals surface area contributed by atoms with Gasteiger partial charge < -0.3 is 19.5 Å². The van der Waals surface area contributed by atoms with E-state index in [0.717, 1.165) is 44.1 Å². The van der Waals surface area contributed by atoms with Crippen molar-refractivity contribution >= 4 is 5.82 Å². The minimum Gasteiger partial charge on any atom is -0.462 e. The molecular weight excluding hydrogens is 390 g/mol. The van der Waals surface area contributed by atoms with E-state index in [9.17, 15) is 5.11 Å². The summed E-state index contributed by atoms with van der Waals surface area (Å²) in [6, 6.07) is 23.9. The lowest BCUT2D eigenvalue weighted by Gasteiger charge is -2.35. The van der Waals surface area contributed by atoms with Crippen LogP contribution in [0.15, 0.2) is 79.0 Å². The molecule has 1 aromatic heterocycles. The van der Waals surface area contributed by atoms with Gasteiger partial charge in [0.1, 0.15) is 18.2 Å². The largest absolute Gasteiger partial charge is 0.462 e. The Bertz CT molecular complexity index is 898. The average Bonchev–Trinajstić information content (AvgIpc) is 2.84. The Morgan fingerprint density at radius 2 is 1.58 bits per heavy atom. The number of hydrogen-bond acceptors (Lipinski definition) is 6. The van der Waals surface area contributed by atoms with Crippen molar-refractivity contribution in [2.75, 3.05) is 37.7 Å². The topological polar surface area (TPSA) is 58.1 Å². The van der Waals surface area contributed by atoms with Gasteiger partial charge in [0.05, 0.1) is 6.61 Å². The lowest BCUT2D eigenvalue weighted by Crippen LogP contribution is -2.46. The number of aliphatic hydroxyl groups is 1. The lowest BCUT2D eigenvalue weighted by atomic mass is 10.2. The predicted octanol–water partition coefficient (Wildman–Crippen LogP) is 3.32. The van der Waals surface area contributed by atoms with Crippen molar-refractivity contribution in [3.8, 4) is 5.75 Å². The van der Waals surface area contributed by atoms with Gasteiger partial charge in [-0.15, -0.1) is 0 Å². The van der Waals surface area contributed by atoms with E-state index in [1.54, 1.807) is 0 Å². The summed E-state index contributed by atoms with van der Waals surface area (Å²) in [7, 11) is 0. The van der Waals surface area contributed by atoms with Gasteiger partial charge in [0, 0.05) is 38.9 Å². The zero-order chi connectivity index (χ0) is 21.3. The normalized spacial score (nSPS) is 15.6. The van der Waals surface area contributed by atoms with E-state index in [0.29, 0.717) is 12.4 Å². The number of hydrogen-bond donors (Lipinski definition) is 1. The number of anilines is 1. The molecule has 1 atom stereocenters. The van der Waals surface area contributed by atoms with Crippen molar-refractivity contribution in [1.29, 1.82) is 0 Å². The van der Waals surface area contributed by atoms with E-state index in [1.165, 1.54) is 5.56 Å². The van der Waals surface area contributed by atoms with E-state index in [-0.39, 0.29) is 6.61 Å². The maximum atomic E-state index is 9.57. The molecule has 4 rings (SSSR count). The molecule has 3 aromatic rings. The van der Waals surface area contributed by atoms with Crippen molar-refractivity contribution in [1.82, 2.24) is 9.88 Å². The van der Waals surface area contributed by atoms with Gasteiger partial charge in [-0.05, 0) is 35.4 Å². The predicted molar refractivity (Wildman–Crippen MR) is 121 cm³/mol. The SMILES string of the molecule is OCC(OCc1ccccc1)Oc1ccc(CN2CCN(c3ccccn3)CC2)cc1.